The van der Waals surface area contributed by atoms with Gasteiger partial charge >= 0.3 is 0 Å². The molecule has 0 aliphatic carbocycles. The smallest absolute Gasteiger partial charge is 0.296 e. The number of fused-ring (bicyclic) bond motifs is 1. The van der Waals surface area contributed by atoms with E-state index in [-0.39, 0.29) is 24.4 Å². The summed E-state index contributed by atoms with van der Waals surface area (Å²) < 4.78 is 31.8. The van der Waals surface area contributed by atoms with E-state index in [1.165, 1.54) is 0 Å². The number of halogens is 1. The number of nitrogens with one attached hydrogen (secondary N) is 2. The van der Waals surface area contributed by atoms with Crippen molar-refractivity contribution < 1.29 is 17.9 Å². The predicted octanol–water partition coefficient (Wildman–Crippen LogP) is 3.50. The van der Waals surface area contributed by atoms with Crippen molar-refractivity contribution in [3.63, 3.8) is 0 Å². The van der Waals surface area contributed by atoms with Gasteiger partial charge in [-0.05, 0) is 50.3 Å². The summed E-state index contributed by atoms with van der Waals surface area (Å²) in [4.78, 5) is 15.1. The third-order valence-corrected chi connectivity index (χ3v) is 5.90. The maximum absolute atomic E-state index is 12.9. The lowest BCUT2D eigenvalue weighted by Gasteiger charge is -2.31. The number of hydrogen-bond donors (Lipinski definition) is 3. The highest BCUT2D eigenvalue weighted by Gasteiger charge is 2.36. The first-order valence-electron chi connectivity index (χ1n) is 10.4. The summed E-state index contributed by atoms with van der Waals surface area (Å²) in [6, 6.07) is 0.119. The van der Waals surface area contributed by atoms with E-state index < -0.39 is 15.6 Å². The molecule has 0 saturated heterocycles. The highest BCUT2D eigenvalue weighted by molar-refractivity contribution is 7.90. The van der Waals surface area contributed by atoms with Crippen molar-refractivity contribution in [1.29, 1.82) is 0 Å². The molecule has 1 aromatic rings. The number of nitrogens with zero attached hydrogens (tertiary/aromatic N) is 1. The van der Waals surface area contributed by atoms with Gasteiger partial charge in [0, 0.05) is 18.6 Å². The number of anilines is 3. The van der Waals surface area contributed by atoms with Crippen LogP contribution in [0.1, 0.15) is 57.7 Å². The molecule has 4 N–H and O–H groups in total. The van der Waals surface area contributed by atoms with Crippen molar-refractivity contribution >= 4 is 45.6 Å². The minimum atomic E-state index is -3.97. The summed E-state index contributed by atoms with van der Waals surface area (Å²) in [7, 11) is -3.97. The second-order valence-electron chi connectivity index (χ2n) is 8.89. The fraction of sp³-hybridized carbons (Fsp3) is 0.667. The molecule has 0 radical (unpaired) electrons. The molecule has 0 spiro atoms. The summed E-state index contributed by atoms with van der Waals surface area (Å²) in [6.07, 6.45) is 1.64. The van der Waals surface area contributed by atoms with Crippen LogP contribution in [0.25, 0.3) is 0 Å². The van der Waals surface area contributed by atoms with Gasteiger partial charge < -0.3 is 15.0 Å². The van der Waals surface area contributed by atoms with Gasteiger partial charge in [-0.1, -0.05) is 27.7 Å². The zero-order valence-corrected chi connectivity index (χ0v) is 21.2. The Balaban J connectivity index is 0.00000480. The fourth-order valence-electron chi connectivity index (χ4n) is 3.85. The SMILES string of the molecule is CCCN1c2c(c(C)c(NS(N)(=O)=O)c(C)c2NC(=O)C(C)(C)C)CC1COCC.Cl. The number of benzene rings is 1. The summed E-state index contributed by atoms with van der Waals surface area (Å²) in [5.74, 6) is -0.136. The van der Waals surface area contributed by atoms with Crippen molar-refractivity contribution in [2.75, 3.05) is 34.7 Å². The Kier molecular flexibility index (Phi) is 9.20. The topological polar surface area (TPSA) is 114 Å². The number of carbonyl (C=O) groups is 1. The highest BCUT2D eigenvalue weighted by Crippen LogP contribution is 2.47. The van der Waals surface area contributed by atoms with E-state index in [0.717, 1.165) is 29.8 Å². The van der Waals surface area contributed by atoms with E-state index in [4.69, 9.17) is 9.88 Å². The Hall–Kier alpha value is -1.55. The largest absolute Gasteiger partial charge is 0.380 e. The van der Waals surface area contributed by atoms with Crippen LogP contribution in [0.3, 0.4) is 0 Å². The maximum Gasteiger partial charge on any atom is 0.296 e. The van der Waals surface area contributed by atoms with Gasteiger partial charge in [-0.25, -0.2) is 5.14 Å². The van der Waals surface area contributed by atoms with Crippen molar-refractivity contribution in [3.05, 3.63) is 16.7 Å². The standard InChI is InChI=1S/C21H36N4O4S.ClH/c1-8-10-25-15(12-29-9-2)11-16-13(3)17(24-30(22,27)28)14(4)18(19(16)25)23-20(26)21(5,6)7;/h15,24H,8-12H2,1-7H3,(H,23,26)(H2,22,27,28);1H. The Morgan fingerprint density at radius 2 is 1.81 bits per heavy atom. The molecule has 8 nitrogen and oxygen atoms in total. The molecule has 31 heavy (non-hydrogen) atoms. The number of hydrogen-bond acceptors (Lipinski definition) is 5. The molecule has 1 aliphatic rings. The predicted molar refractivity (Wildman–Crippen MR) is 130 cm³/mol. The Bertz CT molecular complexity index is 913. The lowest BCUT2D eigenvalue weighted by molar-refractivity contribution is -0.123. The van der Waals surface area contributed by atoms with Gasteiger partial charge in [0.25, 0.3) is 10.2 Å². The molecule has 1 amide bonds. The first-order chi connectivity index (χ1) is 13.8. The summed E-state index contributed by atoms with van der Waals surface area (Å²) in [5, 5.41) is 8.35. The third-order valence-electron chi connectivity index (χ3n) is 5.41. The number of amides is 1. The molecular weight excluding hydrogens is 440 g/mol. The average molecular weight is 477 g/mol. The Labute approximate surface area is 192 Å². The lowest BCUT2D eigenvalue weighted by Crippen LogP contribution is -2.37. The van der Waals surface area contributed by atoms with Gasteiger partial charge in [-0.15, -0.1) is 12.4 Å². The third kappa shape index (κ3) is 6.25. The Morgan fingerprint density at radius 3 is 2.29 bits per heavy atom. The van der Waals surface area contributed by atoms with E-state index in [9.17, 15) is 13.2 Å². The molecule has 1 heterocycles. The lowest BCUT2D eigenvalue weighted by atomic mass is 9.93. The summed E-state index contributed by atoms with van der Waals surface area (Å²) >= 11 is 0. The van der Waals surface area contributed by atoms with Gasteiger partial charge in [0.05, 0.1) is 29.7 Å². The normalized spacial score (nSPS) is 16.0. The van der Waals surface area contributed by atoms with Crippen LogP contribution in [0.2, 0.25) is 0 Å². The second-order valence-corrected chi connectivity index (χ2v) is 10.2. The first kappa shape index (κ1) is 27.5. The summed E-state index contributed by atoms with van der Waals surface area (Å²) in [6.45, 7) is 15.3. The first-order valence-corrected chi connectivity index (χ1v) is 12.0. The fourth-order valence-corrected chi connectivity index (χ4v) is 4.44. The minimum Gasteiger partial charge on any atom is -0.380 e. The van der Waals surface area contributed by atoms with Crippen LogP contribution >= 0.6 is 12.4 Å². The van der Waals surface area contributed by atoms with Crippen LogP contribution in [0.4, 0.5) is 17.1 Å². The van der Waals surface area contributed by atoms with Crippen LogP contribution < -0.4 is 20.1 Å². The van der Waals surface area contributed by atoms with E-state index in [1.54, 1.807) is 6.92 Å². The zero-order valence-electron chi connectivity index (χ0n) is 19.6. The molecule has 1 aromatic carbocycles. The zero-order chi connectivity index (χ0) is 22.9. The second kappa shape index (κ2) is 10.4. The van der Waals surface area contributed by atoms with Crippen LogP contribution in [0.15, 0.2) is 0 Å². The monoisotopic (exact) mass is 476 g/mol. The van der Waals surface area contributed by atoms with E-state index in [2.05, 4.69) is 21.9 Å². The maximum atomic E-state index is 12.9. The van der Waals surface area contributed by atoms with Crippen molar-refractivity contribution in [1.82, 2.24) is 0 Å². The van der Waals surface area contributed by atoms with Crippen molar-refractivity contribution in [3.8, 4) is 0 Å². The van der Waals surface area contributed by atoms with Crippen LogP contribution in [-0.4, -0.2) is 40.1 Å². The molecule has 0 aromatic heterocycles. The number of ether oxygens (including phenoxy) is 1. The van der Waals surface area contributed by atoms with Crippen LogP contribution in [0.5, 0.6) is 0 Å². The Morgan fingerprint density at radius 1 is 1.19 bits per heavy atom. The highest BCUT2D eigenvalue weighted by atomic mass is 35.5. The molecule has 0 fully saturated rings. The van der Waals surface area contributed by atoms with E-state index >= 15 is 0 Å². The van der Waals surface area contributed by atoms with Gasteiger partial charge in [0.1, 0.15) is 0 Å². The molecule has 10 heteroatoms. The number of nitrogens with two attached hydrogens (primary N) is 1. The molecule has 1 unspecified atom stereocenters. The van der Waals surface area contributed by atoms with Gasteiger partial charge in [-0.2, -0.15) is 8.42 Å². The molecule has 1 atom stereocenters. The molecule has 0 bridgehead atoms. The van der Waals surface area contributed by atoms with Gasteiger partial charge in [-0.3, -0.25) is 9.52 Å². The van der Waals surface area contributed by atoms with Crippen molar-refractivity contribution in [2.24, 2.45) is 10.6 Å². The van der Waals surface area contributed by atoms with E-state index in [1.807, 2.05) is 34.6 Å². The summed E-state index contributed by atoms with van der Waals surface area (Å²) in [5.41, 5.74) is 3.89. The number of rotatable bonds is 8. The minimum absolute atomic E-state index is 0. The molecule has 178 valence electrons. The van der Waals surface area contributed by atoms with Gasteiger partial charge in [0.2, 0.25) is 5.91 Å². The number of carbonyl (C=O) groups excluding carboxylic acids is 1. The molecule has 1 aliphatic heterocycles. The molecular formula is C21H37ClN4O4S. The van der Waals surface area contributed by atoms with Crippen LogP contribution in [-0.2, 0) is 26.2 Å². The van der Waals surface area contributed by atoms with Crippen LogP contribution in [0, 0.1) is 19.3 Å². The quantitative estimate of drug-likeness (QED) is 0.531. The van der Waals surface area contributed by atoms with E-state index in [0.29, 0.717) is 36.6 Å². The van der Waals surface area contributed by atoms with Crippen molar-refractivity contribution in [2.45, 2.75) is 67.3 Å². The molecule has 0 saturated carbocycles. The molecule has 2 rings (SSSR count). The van der Waals surface area contributed by atoms with Gasteiger partial charge in [0.15, 0.2) is 0 Å². The average Bonchev–Trinajstić information content (AvgIpc) is 2.97.